The predicted octanol–water partition coefficient (Wildman–Crippen LogP) is 2.93. The average molecular weight is 282 g/mol. The fraction of sp³-hybridized carbons (Fsp3) is 0.643. The Morgan fingerprint density at radius 3 is 2.95 bits per heavy atom. The Morgan fingerprint density at radius 2 is 2.32 bits per heavy atom. The number of carbonyl (C=O) groups is 1. The molecule has 0 saturated carbocycles. The molecule has 19 heavy (non-hydrogen) atoms. The quantitative estimate of drug-likeness (QED) is 0.861. The van der Waals surface area contributed by atoms with Crippen molar-refractivity contribution >= 4 is 17.4 Å². The maximum atomic E-state index is 12.2. The Hall–Kier alpha value is -1.07. The number of hydrogen-bond acceptors (Lipinski definition) is 4. The minimum Gasteiger partial charge on any atom is -0.444 e. The normalized spacial score (nSPS) is 19.8. The van der Waals surface area contributed by atoms with E-state index in [4.69, 9.17) is 10.5 Å². The lowest BCUT2D eigenvalue weighted by Gasteiger charge is -2.26. The van der Waals surface area contributed by atoms with Crippen LogP contribution in [-0.4, -0.2) is 29.7 Å². The Labute approximate surface area is 118 Å². The number of fused-ring (bicyclic) bond motifs is 1. The van der Waals surface area contributed by atoms with Gasteiger partial charge in [-0.15, -0.1) is 11.3 Å². The first-order chi connectivity index (χ1) is 8.90. The number of nitrogens with zero attached hydrogens (tertiary/aromatic N) is 1. The molecule has 1 aromatic rings. The van der Waals surface area contributed by atoms with E-state index in [1.54, 1.807) is 16.2 Å². The molecule has 0 bridgehead atoms. The van der Waals surface area contributed by atoms with Crippen LogP contribution in [0.5, 0.6) is 0 Å². The van der Waals surface area contributed by atoms with Gasteiger partial charge in [-0.1, -0.05) is 0 Å². The molecule has 2 heterocycles. The highest BCUT2D eigenvalue weighted by atomic mass is 32.1. The maximum Gasteiger partial charge on any atom is 0.410 e. The first kappa shape index (κ1) is 14.3. The smallest absolute Gasteiger partial charge is 0.410 e. The van der Waals surface area contributed by atoms with E-state index in [-0.39, 0.29) is 6.09 Å². The van der Waals surface area contributed by atoms with Gasteiger partial charge in [-0.3, -0.25) is 0 Å². The van der Waals surface area contributed by atoms with Crippen molar-refractivity contribution in [2.45, 2.75) is 45.3 Å². The summed E-state index contributed by atoms with van der Waals surface area (Å²) in [4.78, 5) is 15.3. The summed E-state index contributed by atoms with van der Waals surface area (Å²) in [5.41, 5.74) is 6.60. The Balaban J connectivity index is 2.13. The highest BCUT2D eigenvalue weighted by molar-refractivity contribution is 7.10. The van der Waals surface area contributed by atoms with Gasteiger partial charge in [-0.2, -0.15) is 0 Å². The summed E-state index contributed by atoms with van der Waals surface area (Å²) in [7, 11) is 0. The molecule has 0 spiro atoms. The van der Waals surface area contributed by atoms with Crippen LogP contribution >= 0.6 is 11.3 Å². The van der Waals surface area contributed by atoms with Crippen LogP contribution in [0, 0.1) is 0 Å². The molecule has 0 radical (unpaired) electrons. The lowest BCUT2D eigenvalue weighted by Crippen LogP contribution is -2.36. The number of rotatable bonds is 1. The van der Waals surface area contributed by atoms with E-state index >= 15 is 0 Å². The van der Waals surface area contributed by atoms with Crippen LogP contribution in [0.2, 0.25) is 0 Å². The first-order valence-corrected chi connectivity index (χ1v) is 7.53. The molecule has 1 aliphatic rings. The number of carbonyl (C=O) groups excluding carboxylic acids is 1. The summed E-state index contributed by atoms with van der Waals surface area (Å²) >= 11 is 1.74. The highest BCUT2D eigenvalue weighted by Gasteiger charge is 2.28. The largest absolute Gasteiger partial charge is 0.444 e. The number of thiophene rings is 1. The van der Waals surface area contributed by atoms with E-state index in [0.717, 1.165) is 6.42 Å². The van der Waals surface area contributed by atoms with Crippen molar-refractivity contribution in [1.29, 1.82) is 0 Å². The van der Waals surface area contributed by atoms with E-state index < -0.39 is 5.60 Å². The van der Waals surface area contributed by atoms with Crippen LogP contribution in [0.15, 0.2) is 11.4 Å². The molecule has 106 valence electrons. The van der Waals surface area contributed by atoms with Crippen LogP contribution < -0.4 is 5.73 Å². The third kappa shape index (κ3) is 3.48. The maximum absolute atomic E-state index is 12.2. The molecule has 1 atom stereocenters. The van der Waals surface area contributed by atoms with Gasteiger partial charge in [0.05, 0.1) is 6.54 Å². The minimum atomic E-state index is -0.450. The zero-order valence-electron chi connectivity index (χ0n) is 11.8. The van der Waals surface area contributed by atoms with E-state index in [2.05, 4.69) is 11.4 Å². The minimum absolute atomic E-state index is 0.234. The molecule has 2 N–H and O–H groups in total. The van der Waals surface area contributed by atoms with Crippen LogP contribution in [0.25, 0.3) is 0 Å². The zero-order chi connectivity index (χ0) is 14.0. The second kappa shape index (κ2) is 5.51. The summed E-state index contributed by atoms with van der Waals surface area (Å²) < 4.78 is 5.45. The van der Waals surface area contributed by atoms with Gasteiger partial charge < -0.3 is 15.4 Å². The molecule has 0 aliphatic carbocycles. The summed E-state index contributed by atoms with van der Waals surface area (Å²) in [5, 5.41) is 2.08. The van der Waals surface area contributed by atoms with Gasteiger partial charge in [-0.05, 0) is 44.2 Å². The first-order valence-electron chi connectivity index (χ1n) is 6.65. The molecule has 4 nitrogen and oxygen atoms in total. The second-order valence-corrected chi connectivity index (χ2v) is 6.88. The number of hydrogen-bond donors (Lipinski definition) is 1. The van der Waals surface area contributed by atoms with Crippen molar-refractivity contribution in [3.05, 3.63) is 21.9 Å². The van der Waals surface area contributed by atoms with Gasteiger partial charge in [0.2, 0.25) is 0 Å². The van der Waals surface area contributed by atoms with Crippen LogP contribution in [0.1, 0.15) is 43.6 Å². The van der Waals surface area contributed by atoms with Gasteiger partial charge in [0.25, 0.3) is 0 Å². The number of amides is 1. The number of nitrogens with two attached hydrogens (primary N) is 1. The van der Waals surface area contributed by atoms with Gasteiger partial charge in [0, 0.05) is 23.9 Å². The molecule has 2 rings (SSSR count). The molecule has 1 aromatic heterocycles. The van der Waals surface area contributed by atoms with Crippen LogP contribution in [-0.2, 0) is 11.3 Å². The Kier molecular flexibility index (Phi) is 4.16. The molecular weight excluding hydrogens is 260 g/mol. The summed E-state index contributed by atoms with van der Waals surface area (Å²) in [6, 6.07) is 2.09. The van der Waals surface area contributed by atoms with Crippen molar-refractivity contribution in [3.8, 4) is 0 Å². The van der Waals surface area contributed by atoms with Crippen LogP contribution in [0.3, 0.4) is 0 Å². The van der Waals surface area contributed by atoms with Gasteiger partial charge in [0.15, 0.2) is 0 Å². The molecule has 1 aliphatic heterocycles. The lowest BCUT2D eigenvalue weighted by molar-refractivity contribution is 0.0235. The van der Waals surface area contributed by atoms with Crippen molar-refractivity contribution in [2.24, 2.45) is 5.73 Å². The Bertz CT molecular complexity index is 451. The molecule has 1 amide bonds. The predicted molar refractivity (Wildman–Crippen MR) is 77.4 cm³/mol. The standard InChI is InChI=1S/C14H22N2O2S/c1-14(2,3)18-13(17)16-6-4-10(8-15)12-11(9-16)5-7-19-12/h5,7,10H,4,6,8-9,15H2,1-3H3. The second-order valence-electron chi connectivity index (χ2n) is 5.93. The molecule has 5 heteroatoms. The van der Waals surface area contributed by atoms with E-state index in [1.807, 2.05) is 20.8 Å². The van der Waals surface area contributed by atoms with Crippen molar-refractivity contribution in [1.82, 2.24) is 4.90 Å². The van der Waals surface area contributed by atoms with E-state index in [9.17, 15) is 4.79 Å². The van der Waals surface area contributed by atoms with Crippen LogP contribution in [0.4, 0.5) is 4.79 Å². The third-order valence-electron chi connectivity index (χ3n) is 3.20. The van der Waals surface area contributed by atoms with Gasteiger partial charge in [-0.25, -0.2) is 4.79 Å². The van der Waals surface area contributed by atoms with E-state index in [1.165, 1.54) is 10.4 Å². The average Bonchev–Trinajstić information content (AvgIpc) is 2.67. The van der Waals surface area contributed by atoms with Gasteiger partial charge in [0.1, 0.15) is 5.60 Å². The molecule has 0 aromatic carbocycles. The summed E-state index contributed by atoms with van der Waals surface area (Å²) in [6.07, 6.45) is 0.672. The topological polar surface area (TPSA) is 55.6 Å². The summed E-state index contributed by atoms with van der Waals surface area (Å²) in [6.45, 7) is 7.64. The molecule has 0 saturated heterocycles. The van der Waals surface area contributed by atoms with Gasteiger partial charge >= 0.3 is 6.09 Å². The third-order valence-corrected chi connectivity index (χ3v) is 4.32. The van der Waals surface area contributed by atoms with Crippen molar-refractivity contribution in [2.75, 3.05) is 13.1 Å². The molecular formula is C14H22N2O2S. The number of ether oxygens (including phenoxy) is 1. The summed E-state index contributed by atoms with van der Waals surface area (Å²) in [5.74, 6) is 0.363. The van der Waals surface area contributed by atoms with Crippen molar-refractivity contribution in [3.63, 3.8) is 0 Å². The fourth-order valence-corrected chi connectivity index (χ4v) is 3.34. The van der Waals surface area contributed by atoms with E-state index in [0.29, 0.717) is 25.6 Å². The zero-order valence-corrected chi connectivity index (χ0v) is 12.6. The molecule has 1 unspecified atom stereocenters. The SMILES string of the molecule is CC(C)(C)OC(=O)N1CCC(CN)c2sccc2C1. The Morgan fingerprint density at radius 1 is 1.58 bits per heavy atom. The molecule has 0 fully saturated rings. The van der Waals surface area contributed by atoms with Crippen molar-refractivity contribution < 1.29 is 9.53 Å². The lowest BCUT2D eigenvalue weighted by atomic mass is 10.0. The highest BCUT2D eigenvalue weighted by Crippen LogP contribution is 2.32. The monoisotopic (exact) mass is 282 g/mol. The fourth-order valence-electron chi connectivity index (χ4n) is 2.27.